The van der Waals surface area contributed by atoms with Crippen LogP contribution >= 0.6 is 0 Å². The summed E-state index contributed by atoms with van der Waals surface area (Å²) in [5.41, 5.74) is 0. The standard InChI is InChI=1S/C14H27NO3/c1-3-5-7-8-9-13(17)12(11-16)15-14(18)10-6-4-2/h8-9,12-13,16-17H,3-7,10-11H2,1-2H3,(H,15,18)/b9-8+. The summed E-state index contributed by atoms with van der Waals surface area (Å²) in [6.07, 6.45) is 8.05. The van der Waals surface area contributed by atoms with Gasteiger partial charge in [0.2, 0.25) is 5.91 Å². The lowest BCUT2D eigenvalue weighted by molar-refractivity contribution is -0.122. The van der Waals surface area contributed by atoms with Gasteiger partial charge in [0, 0.05) is 6.42 Å². The van der Waals surface area contributed by atoms with E-state index in [1.54, 1.807) is 6.08 Å². The summed E-state index contributed by atoms with van der Waals surface area (Å²) in [5, 5.41) is 21.6. The van der Waals surface area contributed by atoms with Crippen LogP contribution in [0.25, 0.3) is 0 Å². The number of allylic oxidation sites excluding steroid dienone is 1. The molecule has 1 amide bonds. The van der Waals surface area contributed by atoms with Crippen LogP contribution in [0.3, 0.4) is 0 Å². The fraction of sp³-hybridized carbons (Fsp3) is 0.786. The van der Waals surface area contributed by atoms with Crippen LogP contribution in [0.15, 0.2) is 12.2 Å². The van der Waals surface area contributed by atoms with Gasteiger partial charge in [0.25, 0.3) is 0 Å². The average molecular weight is 257 g/mol. The molecule has 3 N–H and O–H groups in total. The molecule has 0 rings (SSSR count). The van der Waals surface area contributed by atoms with Gasteiger partial charge in [0.1, 0.15) is 0 Å². The minimum Gasteiger partial charge on any atom is -0.394 e. The van der Waals surface area contributed by atoms with E-state index in [2.05, 4.69) is 12.2 Å². The van der Waals surface area contributed by atoms with Crippen LogP contribution < -0.4 is 5.32 Å². The maximum atomic E-state index is 11.5. The molecule has 0 aromatic carbocycles. The Morgan fingerprint density at radius 1 is 1.28 bits per heavy atom. The Morgan fingerprint density at radius 2 is 1.94 bits per heavy atom. The number of amides is 1. The molecule has 0 radical (unpaired) electrons. The quantitative estimate of drug-likeness (QED) is 0.412. The third kappa shape index (κ3) is 8.25. The van der Waals surface area contributed by atoms with E-state index < -0.39 is 12.1 Å². The minimum absolute atomic E-state index is 0.114. The minimum atomic E-state index is -0.822. The molecule has 0 aliphatic heterocycles. The van der Waals surface area contributed by atoms with Gasteiger partial charge >= 0.3 is 0 Å². The summed E-state index contributed by atoms with van der Waals surface area (Å²) in [6, 6.07) is -0.604. The van der Waals surface area contributed by atoms with Crippen molar-refractivity contribution in [3.8, 4) is 0 Å². The molecule has 0 aromatic rings. The third-order valence-electron chi connectivity index (χ3n) is 2.77. The number of carbonyl (C=O) groups excluding carboxylic acids is 1. The van der Waals surface area contributed by atoms with E-state index in [1.165, 1.54) is 0 Å². The number of nitrogens with one attached hydrogen (secondary N) is 1. The normalized spacial score (nSPS) is 14.7. The van der Waals surface area contributed by atoms with Gasteiger partial charge in [-0.1, -0.05) is 45.3 Å². The van der Waals surface area contributed by atoms with Crippen LogP contribution in [0.1, 0.15) is 52.4 Å². The van der Waals surface area contributed by atoms with E-state index in [1.807, 2.05) is 13.0 Å². The van der Waals surface area contributed by atoms with Gasteiger partial charge in [-0.05, 0) is 12.8 Å². The van der Waals surface area contributed by atoms with Crippen molar-refractivity contribution in [2.45, 2.75) is 64.5 Å². The predicted octanol–water partition coefficient (Wildman–Crippen LogP) is 1.76. The summed E-state index contributed by atoms with van der Waals surface area (Å²) in [7, 11) is 0. The monoisotopic (exact) mass is 257 g/mol. The molecule has 106 valence electrons. The van der Waals surface area contributed by atoms with Gasteiger partial charge in [0.15, 0.2) is 0 Å². The van der Waals surface area contributed by atoms with Gasteiger partial charge in [0.05, 0.1) is 18.8 Å². The van der Waals surface area contributed by atoms with Crippen molar-refractivity contribution < 1.29 is 15.0 Å². The fourth-order valence-electron chi connectivity index (χ4n) is 1.55. The lowest BCUT2D eigenvalue weighted by Crippen LogP contribution is -2.45. The third-order valence-corrected chi connectivity index (χ3v) is 2.77. The van der Waals surface area contributed by atoms with E-state index in [0.29, 0.717) is 6.42 Å². The molecule has 0 aliphatic carbocycles. The number of rotatable bonds is 10. The molecule has 2 unspecified atom stereocenters. The first-order valence-electron chi connectivity index (χ1n) is 6.90. The first-order valence-corrected chi connectivity index (χ1v) is 6.90. The zero-order valence-electron chi connectivity index (χ0n) is 11.6. The Balaban J connectivity index is 4.05. The Bertz CT molecular complexity index is 241. The molecule has 0 heterocycles. The average Bonchev–Trinajstić information content (AvgIpc) is 2.38. The van der Waals surface area contributed by atoms with Gasteiger partial charge < -0.3 is 15.5 Å². The summed E-state index contributed by atoms with van der Waals surface area (Å²) < 4.78 is 0. The van der Waals surface area contributed by atoms with Gasteiger partial charge in [-0.2, -0.15) is 0 Å². The van der Waals surface area contributed by atoms with Crippen LogP contribution in [-0.4, -0.2) is 34.9 Å². The number of carbonyl (C=O) groups is 1. The summed E-state index contributed by atoms with van der Waals surface area (Å²) >= 11 is 0. The summed E-state index contributed by atoms with van der Waals surface area (Å²) in [5.74, 6) is -0.114. The van der Waals surface area contributed by atoms with E-state index in [9.17, 15) is 9.90 Å². The Hall–Kier alpha value is -0.870. The molecule has 0 fully saturated rings. The highest BCUT2D eigenvalue weighted by atomic mass is 16.3. The lowest BCUT2D eigenvalue weighted by atomic mass is 10.1. The van der Waals surface area contributed by atoms with Crippen molar-refractivity contribution in [2.24, 2.45) is 0 Å². The second-order valence-corrected chi connectivity index (χ2v) is 4.52. The number of aliphatic hydroxyl groups excluding tert-OH is 2. The van der Waals surface area contributed by atoms with Gasteiger partial charge in [-0.3, -0.25) is 4.79 Å². The highest BCUT2D eigenvalue weighted by Gasteiger charge is 2.17. The van der Waals surface area contributed by atoms with Crippen LogP contribution in [0.5, 0.6) is 0 Å². The number of aliphatic hydroxyl groups is 2. The van der Waals surface area contributed by atoms with Crippen LogP contribution in [-0.2, 0) is 4.79 Å². The topological polar surface area (TPSA) is 69.6 Å². The van der Waals surface area contributed by atoms with Crippen molar-refractivity contribution in [3.05, 3.63) is 12.2 Å². The van der Waals surface area contributed by atoms with Crippen LogP contribution in [0.4, 0.5) is 0 Å². The van der Waals surface area contributed by atoms with Crippen LogP contribution in [0, 0.1) is 0 Å². The summed E-state index contributed by atoms with van der Waals surface area (Å²) in [6.45, 7) is 3.87. The van der Waals surface area contributed by atoms with Crippen LogP contribution in [0.2, 0.25) is 0 Å². The molecular formula is C14H27NO3. The van der Waals surface area contributed by atoms with Gasteiger partial charge in [-0.15, -0.1) is 0 Å². The molecule has 0 spiro atoms. The summed E-state index contributed by atoms with van der Waals surface area (Å²) in [4.78, 5) is 11.5. The SMILES string of the molecule is CCCC/C=C/C(O)C(CO)NC(=O)CCCC. The Labute approximate surface area is 110 Å². The predicted molar refractivity (Wildman–Crippen MR) is 73.2 cm³/mol. The first-order chi connectivity index (χ1) is 8.65. The van der Waals surface area contributed by atoms with E-state index >= 15 is 0 Å². The molecule has 0 saturated heterocycles. The maximum absolute atomic E-state index is 11.5. The van der Waals surface area contributed by atoms with E-state index in [-0.39, 0.29) is 12.5 Å². The molecule has 0 saturated carbocycles. The Kier molecular flexibility index (Phi) is 10.7. The van der Waals surface area contributed by atoms with Crippen molar-refractivity contribution >= 4 is 5.91 Å². The van der Waals surface area contributed by atoms with E-state index in [0.717, 1.165) is 32.1 Å². The molecule has 0 bridgehead atoms. The maximum Gasteiger partial charge on any atom is 0.220 e. The second-order valence-electron chi connectivity index (χ2n) is 4.52. The van der Waals surface area contributed by atoms with Crippen molar-refractivity contribution in [1.82, 2.24) is 5.32 Å². The second kappa shape index (κ2) is 11.2. The van der Waals surface area contributed by atoms with E-state index in [4.69, 9.17) is 5.11 Å². The molecule has 0 aromatic heterocycles. The van der Waals surface area contributed by atoms with Crippen molar-refractivity contribution in [2.75, 3.05) is 6.61 Å². The van der Waals surface area contributed by atoms with Crippen molar-refractivity contribution in [1.29, 1.82) is 0 Å². The number of unbranched alkanes of at least 4 members (excludes halogenated alkanes) is 3. The largest absolute Gasteiger partial charge is 0.394 e. The van der Waals surface area contributed by atoms with Crippen molar-refractivity contribution in [3.63, 3.8) is 0 Å². The molecule has 4 heteroatoms. The molecular weight excluding hydrogens is 230 g/mol. The Morgan fingerprint density at radius 3 is 2.50 bits per heavy atom. The zero-order chi connectivity index (χ0) is 13.8. The first kappa shape index (κ1) is 17.1. The lowest BCUT2D eigenvalue weighted by Gasteiger charge is -2.19. The fourth-order valence-corrected chi connectivity index (χ4v) is 1.55. The molecule has 2 atom stereocenters. The van der Waals surface area contributed by atoms with Gasteiger partial charge in [-0.25, -0.2) is 0 Å². The smallest absolute Gasteiger partial charge is 0.220 e. The highest BCUT2D eigenvalue weighted by molar-refractivity contribution is 5.76. The molecule has 0 aliphatic rings. The number of hydrogen-bond acceptors (Lipinski definition) is 3. The zero-order valence-corrected chi connectivity index (χ0v) is 11.6. The molecule has 4 nitrogen and oxygen atoms in total. The highest BCUT2D eigenvalue weighted by Crippen LogP contribution is 2.01. The molecule has 18 heavy (non-hydrogen) atoms. The number of hydrogen-bond donors (Lipinski definition) is 3.